The number of fused-ring (bicyclic) bond motifs is 1. The number of amides is 1. The van der Waals surface area contributed by atoms with Gasteiger partial charge < -0.3 is 9.47 Å². The van der Waals surface area contributed by atoms with Crippen LogP contribution >= 0.6 is 0 Å². The molecule has 1 fully saturated rings. The lowest BCUT2D eigenvalue weighted by atomic mass is 10.1. The lowest BCUT2D eigenvalue weighted by Gasteiger charge is -2.35. The van der Waals surface area contributed by atoms with Crippen molar-refractivity contribution < 1.29 is 9.18 Å². The molecule has 0 spiro atoms. The summed E-state index contributed by atoms with van der Waals surface area (Å²) in [7, 11) is 0. The molecule has 5 nitrogen and oxygen atoms in total. The Balaban J connectivity index is 1.25. The maximum Gasteiger partial charge on any atom is 0.242 e. The predicted octanol–water partition coefficient (Wildman–Crippen LogP) is 4.14. The molecule has 6 heteroatoms. The zero-order valence-electron chi connectivity index (χ0n) is 17.8. The van der Waals surface area contributed by atoms with Gasteiger partial charge in [0.05, 0.1) is 5.69 Å². The van der Waals surface area contributed by atoms with Gasteiger partial charge in [0.15, 0.2) is 0 Å². The lowest BCUT2D eigenvalue weighted by molar-refractivity contribution is -0.133. The van der Waals surface area contributed by atoms with Crippen LogP contribution in [-0.4, -0.2) is 51.4 Å². The first-order valence-corrected chi connectivity index (χ1v) is 10.9. The maximum absolute atomic E-state index is 13.3. The van der Waals surface area contributed by atoms with Crippen LogP contribution in [0.1, 0.15) is 5.56 Å². The van der Waals surface area contributed by atoms with E-state index in [1.807, 2.05) is 39.9 Å². The quantitative estimate of drug-likeness (QED) is 0.480. The van der Waals surface area contributed by atoms with Gasteiger partial charge in [-0.05, 0) is 48.0 Å². The third kappa shape index (κ3) is 4.41. The van der Waals surface area contributed by atoms with Gasteiger partial charge in [-0.1, -0.05) is 30.3 Å². The van der Waals surface area contributed by atoms with Crippen LogP contribution in [0.25, 0.3) is 22.6 Å². The molecular weight excluding hydrogens is 403 g/mol. The molecule has 2 aromatic carbocycles. The highest BCUT2D eigenvalue weighted by Crippen LogP contribution is 2.28. The zero-order valence-corrected chi connectivity index (χ0v) is 17.8. The molecule has 0 atom stereocenters. The highest BCUT2D eigenvalue weighted by molar-refractivity contribution is 5.78. The van der Waals surface area contributed by atoms with Crippen molar-refractivity contribution in [3.63, 3.8) is 0 Å². The van der Waals surface area contributed by atoms with Crippen LogP contribution in [-0.2, 0) is 17.9 Å². The van der Waals surface area contributed by atoms with Crippen molar-refractivity contribution in [3.05, 3.63) is 90.4 Å². The van der Waals surface area contributed by atoms with E-state index in [1.165, 1.54) is 17.7 Å². The standard InChI is InChI=1S/C26H25FN4O/c27-23-10-8-21(9-11-23)24-17-22-7-4-12-31(26(22)28-24)19-25(32)30-15-13-29(14-16-30)18-20-5-2-1-3-6-20/h1-12,17H,13-16,18-19H2. The number of halogens is 1. The topological polar surface area (TPSA) is 41.4 Å². The number of hydrogen-bond acceptors (Lipinski definition) is 3. The van der Waals surface area contributed by atoms with Crippen molar-refractivity contribution in [2.75, 3.05) is 26.2 Å². The van der Waals surface area contributed by atoms with Gasteiger partial charge in [0.1, 0.15) is 18.2 Å². The number of piperazine rings is 1. The van der Waals surface area contributed by atoms with E-state index in [9.17, 15) is 9.18 Å². The summed E-state index contributed by atoms with van der Waals surface area (Å²) in [5, 5.41) is 0. The highest BCUT2D eigenvalue weighted by Gasteiger charge is 2.22. The van der Waals surface area contributed by atoms with Crippen molar-refractivity contribution in [2.45, 2.75) is 13.1 Å². The minimum atomic E-state index is -0.269. The largest absolute Gasteiger partial charge is 0.339 e. The fourth-order valence-corrected chi connectivity index (χ4v) is 4.24. The molecule has 1 amide bonds. The van der Waals surface area contributed by atoms with Crippen molar-refractivity contribution in [1.29, 1.82) is 0 Å². The molecule has 3 aliphatic heterocycles. The van der Waals surface area contributed by atoms with Crippen LogP contribution in [0.15, 0.2) is 79.0 Å². The van der Waals surface area contributed by atoms with Crippen LogP contribution in [0.5, 0.6) is 0 Å². The molecule has 0 N–H and O–H groups in total. The summed E-state index contributed by atoms with van der Waals surface area (Å²) >= 11 is 0. The first kappa shape index (κ1) is 20.4. The molecular formula is C26H25FN4O. The summed E-state index contributed by atoms with van der Waals surface area (Å²) in [6.07, 6.45) is 1.90. The van der Waals surface area contributed by atoms with Crippen molar-refractivity contribution >= 4 is 5.91 Å². The second-order valence-corrected chi connectivity index (χ2v) is 8.21. The van der Waals surface area contributed by atoms with Gasteiger partial charge in [-0.15, -0.1) is 0 Å². The van der Waals surface area contributed by atoms with Gasteiger partial charge in [-0.2, -0.15) is 0 Å². The van der Waals surface area contributed by atoms with Gasteiger partial charge >= 0.3 is 0 Å². The Bertz CT molecular complexity index is 1160. The monoisotopic (exact) mass is 428 g/mol. The van der Waals surface area contributed by atoms with E-state index >= 15 is 0 Å². The third-order valence-corrected chi connectivity index (χ3v) is 6.01. The molecule has 0 aromatic heterocycles. The summed E-state index contributed by atoms with van der Waals surface area (Å²) in [5.41, 5.74) is 3.90. The van der Waals surface area contributed by atoms with Gasteiger partial charge in [0.25, 0.3) is 0 Å². The molecule has 5 rings (SSSR count). The fraction of sp³-hybridized carbons (Fsp3) is 0.231. The summed E-state index contributed by atoms with van der Waals surface area (Å²) in [6, 6.07) is 22.6. The molecule has 3 aliphatic rings. The Morgan fingerprint density at radius 1 is 0.875 bits per heavy atom. The van der Waals surface area contributed by atoms with E-state index < -0.39 is 0 Å². The number of pyridine rings is 1. The highest BCUT2D eigenvalue weighted by atomic mass is 19.1. The normalized spacial score (nSPS) is 14.7. The molecule has 0 saturated carbocycles. The number of benzene rings is 2. The summed E-state index contributed by atoms with van der Waals surface area (Å²) < 4.78 is 15.2. The zero-order chi connectivity index (χ0) is 21.9. The Labute approximate surface area is 187 Å². The van der Waals surface area contributed by atoms with Gasteiger partial charge in [0.2, 0.25) is 5.91 Å². The predicted molar refractivity (Wildman–Crippen MR) is 123 cm³/mol. The van der Waals surface area contributed by atoms with Crippen LogP contribution in [0.4, 0.5) is 4.39 Å². The third-order valence-electron chi connectivity index (χ3n) is 6.01. The minimum Gasteiger partial charge on any atom is -0.339 e. The molecule has 0 aliphatic carbocycles. The van der Waals surface area contributed by atoms with Crippen molar-refractivity contribution in [2.24, 2.45) is 0 Å². The fourth-order valence-electron chi connectivity index (χ4n) is 4.24. The van der Waals surface area contributed by atoms with E-state index in [4.69, 9.17) is 4.98 Å². The van der Waals surface area contributed by atoms with E-state index in [1.54, 1.807) is 12.1 Å². The Hall–Kier alpha value is -3.51. The molecule has 3 heterocycles. The van der Waals surface area contributed by atoms with Gasteiger partial charge in [0, 0.05) is 50.0 Å². The molecule has 2 aromatic rings. The van der Waals surface area contributed by atoms with Crippen LogP contribution in [0, 0.1) is 5.82 Å². The average molecular weight is 429 g/mol. The Morgan fingerprint density at radius 2 is 1.62 bits per heavy atom. The molecule has 0 radical (unpaired) electrons. The smallest absolute Gasteiger partial charge is 0.242 e. The van der Waals surface area contributed by atoms with E-state index in [-0.39, 0.29) is 18.3 Å². The first-order valence-electron chi connectivity index (χ1n) is 10.9. The molecule has 0 bridgehead atoms. The number of aromatic nitrogens is 2. The van der Waals surface area contributed by atoms with Crippen molar-refractivity contribution in [3.8, 4) is 22.6 Å². The van der Waals surface area contributed by atoms with E-state index in [0.717, 1.165) is 55.4 Å². The molecule has 162 valence electrons. The Morgan fingerprint density at radius 3 is 2.38 bits per heavy atom. The molecule has 32 heavy (non-hydrogen) atoms. The van der Waals surface area contributed by atoms with E-state index in [0.29, 0.717) is 0 Å². The number of carbonyl (C=O) groups is 1. The first-order chi connectivity index (χ1) is 15.7. The Kier molecular flexibility index (Phi) is 5.69. The van der Waals surface area contributed by atoms with Crippen LogP contribution < -0.4 is 0 Å². The van der Waals surface area contributed by atoms with Crippen LogP contribution in [0.3, 0.4) is 0 Å². The minimum absolute atomic E-state index is 0.105. The van der Waals surface area contributed by atoms with E-state index in [2.05, 4.69) is 29.2 Å². The summed E-state index contributed by atoms with van der Waals surface area (Å²) in [4.78, 5) is 22.1. The number of hydrogen-bond donors (Lipinski definition) is 0. The van der Waals surface area contributed by atoms with Gasteiger partial charge in [-0.3, -0.25) is 9.69 Å². The number of rotatable bonds is 5. The molecule has 1 saturated heterocycles. The SMILES string of the molecule is O=C(Cn1cccc2cc(-c3ccc(F)cc3)nc1-2)N1CCN(Cc2ccccc2)CC1. The van der Waals surface area contributed by atoms with Crippen LogP contribution in [0.2, 0.25) is 0 Å². The second-order valence-electron chi connectivity index (χ2n) is 8.21. The summed E-state index contributed by atoms with van der Waals surface area (Å²) in [6.45, 7) is 4.39. The number of carbonyl (C=O) groups excluding carboxylic acids is 1. The number of nitrogens with zero attached hydrogens (tertiary/aromatic N) is 4. The van der Waals surface area contributed by atoms with Gasteiger partial charge in [-0.25, -0.2) is 9.37 Å². The second kappa shape index (κ2) is 8.93. The molecule has 0 unspecified atom stereocenters. The summed E-state index contributed by atoms with van der Waals surface area (Å²) in [5.74, 6) is 0.602. The van der Waals surface area contributed by atoms with Crippen molar-refractivity contribution in [1.82, 2.24) is 19.4 Å². The lowest BCUT2D eigenvalue weighted by Crippen LogP contribution is -2.49. The maximum atomic E-state index is 13.3. The average Bonchev–Trinajstić information content (AvgIpc) is 3.26.